The van der Waals surface area contributed by atoms with Crippen molar-refractivity contribution in [3.63, 3.8) is 0 Å². The first-order chi connectivity index (χ1) is 17.7. The number of thiazole rings is 1. The van der Waals surface area contributed by atoms with Gasteiger partial charge in [0.2, 0.25) is 4.80 Å². The highest BCUT2D eigenvalue weighted by atomic mass is 32.1. The van der Waals surface area contributed by atoms with Crippen molar-refractivity contribution in [2.45, 2.75) is 38.0 Å². The number of aromatic nitrogens is 1. The molecule has 5 rings (SSSR count). The molecule has 0 amide bonds. The van der Waals surface area contributed by atoms with Crippen LogP contribution >= 0.6 is 11.3 Å². The fraction of sp³-hybridized carbons (Fsp3) is 0.241. The van der Waals surface area contributed by atoms with Crippen LogP contribution in [0.25, 0.3) is 11.3 Å². The van der Waals surface area contributed by atoms with Gasteiger partial charge in [-0.05, 0) is 61.3 Å². The van der Waals surface area contributed by atoms with Gasteiger partial charge in [0.15, 0.2) is 0 Å². The Labute approximate surface area is 214 Å². The van der Waals surface area contributed by atoms with Crippen LogP contribution in [-0.2, 0) is 6.42 Å². The summed E-state index contributed by atoms with van der Waals surface area (Å²) in [5.74, 6) is 0.571. The molecule has 1 heterocycles. The highest BCUT2D eigenvalue weighted by Gasteiger charge is 2.20. The molecule has 6 nitrogen and oxygen atoms in total. The van der Waals surface area contributed by atoms with Crippen LogP contribution in [0.4, 0.5) is 5.69 Å². The van der Waals surface area contributed by atoms with Gasteiger partial charge in [0, 0.05) is 35.3 Å². The van der Waals surface area contributed by atoms with Crippen LogP contribution in [0.2, 0.25) is 0 Å². The third kappa shape index (κ3) is 5.69. The van der Waals surface area contributed by atoms with Crippen LogP contribution < -0.4 is 4.80 Å². The van der Waals surface area contributed by atoms with E-state index in [4.69, 9.17) is 10.1 Å². The number of rotatable bonds is 7. The van der Waals surface area contributed by atoms with Crippen molar-refractivity contribution in [3.05, 3.63) is 116 Å². The maximum atomic E-state index is 11.1. The summed E-state index contributed by atoms with van der Waals surface area (Å²) in [6.45, 7) is 0.672. The van der Waals surface area contributed by atoms with Gasteiger partial charge in [-0.2, -0.15) is 5.10 Å². The Kier molecular flexibility index (Phi) is 7.47. The number of nitro groups is 1. The van der Waals surface area contributed by atoms with Crippen LogP contribution in [-0.4, -0.2) is 21.9 Å². The van der Waals surface area contributed by atoms with Crippen molar-refractivity contribution in [2.75, 3.05) is 6.54 Å². The SMILES string of the molecule is O=[N+]([O-])c1ccc(-c2csc(=NCCc3ccccc3)n2N=C2CCC(c3ccccc3)CC2)cc1. The molecule has 0 atom stereocenters. The van der Waals surface area contributed by atoms with E-state index in [9.17, 15) is 10.1 Å². The molecule has 0 bridgehead atoms. The quantitative estimate of drug-likeness (QED) is 0.208. The summed E-state index contributed by atoms with van der Waals surface area (Å²) in [7, 11) is 0. The number of nitro benzene ring substituents is 1. The fourth-order valence-electron chi connectivity index (χ4n) is 4.63. The number of hydrogen-bond acceptors (Lipinski definition) is 5. The zero-order valence-electron chi connectivity index (χ0n) is 20.0. The fourth-order valence-corrected chi connectivity index (χ4v) is 5.49. The number of benzene rings is 3. The summed E-state index contributed by atoms with van der Waals surface area (Å²) in [5, 5.41) is 18.2. The molecule has 1 aliphatic rings. The smallest absolute Gasteiger partial charge is 0.258 e. The van der Waals surface area contributed by atoms with Gasteiger partial charge in [0.05, 0.1) is 10.6 Å². The third-order valence-corrected chi connectivity index (χ3v) is 7.48. The van der Waals surface area contributed by atoms with Gasteiger partial charge in [-0.1, -0.05) is 60.7 Å². The molecule has 0 aliphatic heterocycles. The molecule has 3 aromatic carbocycles. The van der Waals surface area contributed by atoms with E-state index in [2.05, 4.69) is 42.5 Å². The molecule has 182 valence electrons. The van der Waals surface area contributed by atoms with E-state index in [0.29, 0.717) is 12.5 Å². The molecule has 1 fully saturated rings. The monoisotopic (exact) mass is 496 g/mol. The molecule has 0 radical (unpaired) electrons. The van der Waals surface area contributed by atoms with Crippen molar-refractivity contribution < 1.29 is 4.92 Å². The van der Waals surface area contributed by atoms with Gasteiger partial charge >= 0.3 is 0 Å². The average Bonchev–Trinajstić information content (AvgIpc) is 3.32. The summed E-state index contributed by atoms with van der Waals surface area (Å²) in [6.07, 6.45) is 4.93. The molecule has 7 heteroatoms. The Hall–Kier alpha value is -3.84. The minimum absolute atomic E-state index is 0.0823. The molecule has 36 heavy (non-hydrogen) atoms. The molecule has 4 aromatic rings. The van der Waals surface area contributed by atoms with Crippen molar-refractivity contribution in [3.8, 4) is 11.3 Å². The molecule has 1 aromatic heterocycles. The van der Waals surface area contributed by atoms with Crippen LogP contribution in [0.1, 0.15) is 42.7 Å². The lowest BCUT2D eigenvalue weighted by atomic mass is 9.83. The maximum Gasteiger partial charge on any atom is 0.269 e. The van der Waals surface area contributed by atoms with Gasteiger partial charge in [-0.15, -0.1) is 11.3 Å². The lowest BCUT2D eigenvalue weighted by molar-refractivity contribution is -0.384. The van der Waals surface area contributed by atoms with Gasteiger partial charge in [0.25, 0.3) is 5.69 Å². The van der Waals surface area contributed by atoms with Crippen molar-refractivity contribution in [2.24, 2.45) is 10.1 Å². The highest BCUT2D eigenvalue weighted by molar-refractivity contribution is 7.07. The van der Waals surface area contributed by atoms with Crippen molar-refractivity contribution in [1.29, 1.82) is 0 Å². The minimum Gasteiger partial charge on any atom is -0.258 e. The lowest BCUT2D eigenvalue weighted by Gasteiger charge is -2.23. The van der Waals surface area contributed by atoms with E-state index >= 15 is 0 Å². The summed E-state index contributed by atoms with van der Waals surface area (Å²) in [5.41, 5.74) is 5.72. The van der Waals surface area contributed by atoms with E-state index < -0.39 is 0 Å². The average molecular weight is 497 g/mol. The highest BCUT2D eigenvalue weighted by Crippen LogP contribution is 2.32. The van der Waals surface area contributed by atoms with E-state index in [1.807, 2.05) is 28.3 Å². The predicted molar refractivity (Wildman–Crippen MR) is 145 cm³/mol. The van der Waals surface area contributed by atoms with Gasteiger partial charge in [0.1, 0.15) is 0 Å². The zero-order valence-corrected chi connectivity index (χ0v) is 20.8. The second-order valence-corrected chi connectivity index (χ2v) is 9.82. The van der Waals surface area contributed by atoms with Crippen LogP contribution in [0.5, 0.6) is 0 Å². The number of hydrogen-bond donors (Lipinski definition) is 0. The summed E-state index contributed by atoms with van der Waals surface area (Å²) in [6, 6.07) is 27.7. The van der Waals surface area contributed by atoms with Crippen LogP contribution in [0.3, 0.4) is 0 Å². The van der Waals surface area contributed by atoms with Gasteiger partial charge < -0.3 is 0 Å². The molecule has 0 saturated heterocycles. The molecular formula is C29H28N4O2S. The first-order valence-electron chi connectivity index (χ1n) is 12.3. The van der Waals surface area contributed by atoms with E-state index in [0.717, 1.165) is 48.2 Å². The predicted octanol–water partition coefficient (Wildman–Crippen LogP) is 6.83. The first-order valence-corrected chi connectivity index (χ1v) is 13.2. The number of nitrogens with zero attached hydrogens (tertiary/aromatic N) is 4. The summed E-state index contributed by atoms with van der Waals surface area (Å²) >= 11 is 1.56. The molecule has 1 aliphatic carbocycles. The molecular weight excluding hydrogens is 468 g/mol. The number of non-ortho nitro benzene ring substituents is 1. The Balaban J connectivity index is 1.42. The molecule has 1 saturated carbocycles. The molecule has 0 N–H and O–H groups in total. The Morgan fingerprint density at radius 1 is 0.917 bits per heavy atom. The largest absolute Gasteiger partial charge is 0.269 e. The first kappa shape index (κ1) is 23.9. The normalized spacial score (nSPS) is 16.2. The lowest BCUT2D eigenvalue weighted by Crippen LogP contribution is -2.19. The standard InChI is InChI=1S/C29H28N4O2S/c34-33(35)27-17-13-25(14-18-27)28-21-36-29(30-20-19-22-7-3-1-4-8-22)32(28)31-26-15-11-24(12-16-26)23-9-5-2-6-10-23/h1-10,13-14,17-18,21,24H,11-12,15-16,19-20H2. The van der Waals surface area contributed by atoms with Crippen molar-refractivity contribution >= 4 is 22.7 Å². The summed E-state index contributed by atoms with van der Waals surface area (Å²) in [4.78, 5) is 16.5. The maximum absolute atomic E-state index is 11.1. The third-order valence-electron chi connectivity index (χ3n) is 6.62. The Bertz CT molecular complexity index is 1400. The Morgan fingerprint density at radius 2 is 1.58 bits per heavy atom. The molecule has 0 unspecified atom stereocenters. The van der Waals surface area contributed by atoms with Crippen LogP contribution in [0, 0.1) is 10.1 Å². The second kappa shape index (κ2) is 11.3. The zero-order chi connectivity index (χ0) is 24.7. The van der Waals surface area contributed by atoms with E-state index in [-0.39, 0.29) is 10.6 Å². The van der Waals surface area contributed by atoms with E-state index in [1.54, 1.807) is 35.6 Å². The second-order valence-electron chi connectivity index (χ2n) is 8.99. The van der Waals surface area contributed by atoms with E-state index in [1.165, 1.54) is 16.8 Å². The van der Waals surface area contributed by atoms with Crippen molar-refractivity contribution in [1.82, 2.24) is 4.68 Å². The topological polar surface area (TPSA) is 72.8 Å². The van der Waals surface area contributed by atoms with Gasteiger partial charge in [-0.25, -0.2) is 4.68 Å². The minimum atomic E-state index is -0.374. The van der Waals surface area contributed by atoms with Crippen LogP contribution in [0.15, 0.2) is 100 Å². The Morgan fingerprint density at radius 3 is 2.25 bits per heavy atom. The molecule has 0 spiro atoms. The van der Waals surface area contributed by atoms with Gasteiger partial charge in [-0.3, -0.25) is 15.1 Å². The summed E-state index contributed by atoms with van der Waals surface area (Å²) < 4.78 is 1.94.